The Kier molecular flexibility index (Phi) is 3.80. The molecule has 0 aliphatic heterocycles. The number of aromatic nitrogens is 2. The van der Waals surface area contributed by atoms with Crippen LogP contribution in [0.4, 0.5) is 5.82 Å². The molecule has 0 aromatic carbocycles. The number of hydrogen-bond donors (Lipinski definition) is 2. The van der Waals surface area contributed by atoms with Crippen molar-refractivity contribution in [2.75, 3.05) is 12.4 Å². The molecule has 1 aliphatic carbocycles. The number of nitrogens with zero attached hydrogens (tertiary/aromatic N) is 1. The smallest absolute Gasteiger partial charge is 0.147 e. The second kappa shape index (κ2) is 4.90. The molecule has 1 aromatic heterocycles. The van der Waals surface area contributed by atoms with Crippen LogP contribution >= 0.6 is 0 Å². The molecule has 0 spiro atoms. The lowest BCUT2D eigenvalue weighted by Gasteiger charge is -2.23. The molecule has 1 fully saturated rings. The molecule has 3 heteroatoms. The molecule has 2 rings (SSSR count). The first-order chi connectivity index (χ1) is 6.40. The van der Waals surface area contributed by atoms with Gasteiger partial charge in [0.1, 0.15) is 5.82 Å². The fraction of sp³-hybridized carbons (Fsp3) is 0.700. The highest BCUT2D eigenvalue weighted by Crippen LogP contribution is 2.35. The summed E-state index contributed by atoms with van der Waals surface area (Å²) >= 11 is 0. The normalized spacial score (nSPS) is 15.6. The molecule has 0 saturated heterocycles. The number of rotatable bonds is 2. The van der Waals surface area contributed by atoms with Crippen molar-refractivity contribution in [3.05, 3.63) is 11.8 Å². The molecule has 0 bridgehead atoms. The van der Waals surface area contributed by atoms with Gasteiger partial charge in [0.2, 0.25) is 0 Å². The van der Waals surface area contributed by atoms with Crippen LogP contribution in [-0.4, -0.2) is 17.2 Å². The van der Waals surface area contributed by atoms with Gasteiger partial charge in [-0.25, -0.2) is 0 Å². The van der Waals surface area contributed by atoms with E-state index in [1.807, 2.05) is 20.9 Å². The van der Waals surface area contributed by atoms with Crippen molar-refractivity contribution in [3.8, 4) is 0 Å². The van der Waals surface area contributed by atoms with Gasteiger partial charge in [-0.2, -0.15) is 5.10 Å². The van der Waals surface area contributed by atoms with Crippen molar-refractivity contribution in [1.29, 1.82) is 0 Å². The van der Waals surface area contributed by atoms with E-state index in [0.29, 0.717) is 0 Å². The van der Waals surface area contributed by atoms with Crippen molar-refractivity contribution < 1.29 is 0 Å². The minimum atomic E-state index is 0.754. The predicted molar refractivity (Wildman–Crippen MR) is 56.1 cm³/mol. The van der Waals surface area contributed by atoms with Crippen LogP contribution in [0.1, 0.15) is 44.7 Å². The van der Waals surface area contributed by atoms with E-state index < -0.39 is 0 Å². The molecule has 1 heterocycles. The zero-order valence-corrected chi connectivity index (χ0v) is 8.72. The Hall–Kier alpha value is -0.990. The number of aromatic amines is 1. The molecule has 1 saturated carbocycles. The van der Waals surface area contributed by atoms with Crippen molar-refractivity contribution in [3.63, 3.8) is 0 Å². The molecule has 1 aromatic rings. The Morgan fingerprint density at radius 3 is 2.54 bits per heavy atom. The molecule has 0 atom stereocenters. The Bertz CT molecular complexity index is 238. The van der Waals surface area contributed by atoms with Gasteiger partial charge in [-0.05, 0) is 12.8 Å². The van der Waals surface area contributed by atoms with Gasteiger partial charge >= 0.3 is 0 Å². The SMILES string of the molecule is CC.CNc1cc(C2CCC2)[nH]n1. The molecule has 1 aliphatic rings. The first-order valence-corrected chi connectivity index (χ1v) is 5.13. The van der Waals surface area contributed by atoms with Gasteiger partial charge in [-0.3, -0.25) is 5.10 Å². The highest BCUT2D eigenvalue weighted by atomic mass is 15.2. The highest BCUT2D eigenvalue weighted by Gasteiger charge is 2.20. The highest BCUT2D eigenvalue weighted by molar-refractivity contribution is 5.35. The molecular formula is C10H19N3. The van der Waals surface area contributed by atoms with Crippen LogP contribution in [0.5, 0.6) is 0 Å². The Morgan fingerprint density at radius 2 is 2.15 bits per heavy atom. The van der Waals surface area contributed by atoms with Gasteiger partial charge in [0, 0.05) is 24.7 Å². The van der Waals surface area contributed by atoms with Crippen LogP contribution < -0.4 is 5.32 Å². The van der Waals surface area contributed by atoms with Crippen molar-refractivity contribution >= 4 is 5.82 Å². The monoisotopic (exact) mass is 181 g/mol. The fourth-order valence-corrected chi connectivity index (χ4v) is 1.39. The summed E-state index contributed by atoms with van der Waals surface area (Å²) in [4.78, 5) is 0. The van der Waals surface area contributed by atoms with E-state index in [2.05, 4.69) is 21.6 Å². The molecule has 74 valence electrons. The lowest BCUT2D eigenvalue weighted by molar-refractivity contribution is 0.410. The first-order valence-electron chi connectivity index (χ1n) is 5.13. The zero-order chi connectivity index (χ0) is 9.68. The van der Waals surface area contributed by atoms with E-state index in [0.717, 1.165) is 11.7 Å². The first kappa shape index (κ1) is 10.1. The standard InChI is InChI=1S/C8H13N3.C2H6/c1-9-8-5-7(10-11-8)6-3-2-4-6;1-2/h5-6H,2-4H2,1H3,(H2,9,10,11);1-2H3. The summed E-state index contributed by atoms with van der Waals surface area (Å²) < 4.78 is 0. The number of anilines is 1. The Morgan fingerprint density at radius 1 is 1.46 bits per heavy atom. The zero-order valence-electron chi connectivity index (χ0n) is 8.72. The summed E-state index contributed by atoms with van der Waals surface area (Å²) in [5.74, 6) is 1.71. The molecule has 13 heavy (non-hydrogen) atoms. The van der Waals surface area contributed by atoms with Gasteiger partial charge in [-0.1, -0.05) is 20.3 Å². The summed E-state index contributed by atoms with van der Waals surface area (Å²) in [6.45, 7) is 4.00. The minimum Gasteiger partial charge on any atom is -0.372 e. The summed E-state index contributed by atoms with van der Waals surface area (Å²) in [5.41, 5.74) is 1.29. The topological polar surface area (TPSA) is 40.7 Å². The molecule has 0 amide bonds. The molecule has 0 unspecified atom stereocenters. The average molecular weight is 181 g/mol. The lowest BCUT2D eigenvalue weighted by atomic mass is 9.83. The third kappa shape index (κ3) is 2.23. The maximum Gasteiger partial charge on any atom is 0.147 e. The minimum absolute atomic E-state index is 0.754. The van der Waals surface area contributed by atoms with Crippen molar-refractivity contribution in [2.24, 2.45) is 0 Å². The van der Waals surface area contributed by atoms with Gasteiger partial charge in [0.05, 0.1) is 0 Å². The van der Waals surface area contributed by atoms with E-state index in [4.69, 9.17) is 0 Å². The molecule has 3 nitrogen and oxygen atoms in total. The van der Waals surface area contributed by atoms with Crippen LogP contribution in [0.15, 0.2) is 6.07 Å². The van der Waals surface area contributed by atoms with Crippen LogP contribution in [0.25, 0.3) is 0 Å². The van der Waals surface area contributed by atoms with Crippen LogP contribution in [-0.2, 0) is 0 Å². The lowest BCUT2D eigenvalue weighted by Crippen LogP contribution is -2.08. The maximum atomic E-state index is 4.10. The van der Waals surface area contributed by atoms with E-state index in [9.17, 15) is 0 Å². The summed E-state index contributed by atoms with van der Waals surface area (Å²) in [6.07, 6.45) is 4.02. The van der Waals surface area contributed by atoms with Crippen molar-refractivity contribution in [2.45, 2.75) is 39.0 Å². The Balaban J connectivity index is 0.000000396. The second-order valence-corrected chi connectivity index (χ2v) is 3.09. The molecule has 2 N–H and O–H groups in total. The second-order valence-electron chi connectivity index (χ2n) is 3.09. The summed E-state index contributed by atoms with van der Waals surface area (Å²) in [6, 6.07) is 2.10. The van der Waals surface area contributed by atoms with Crippen LogP contribution in [0.2, 0.25) is 0 Å². The van der Waals surface area contributed by atoms with Crippen LogP contribution in [0, 0.1) is 0 Å². The Labute approximate surface area is 79.9 Å². The average Bonchev–Trinajstić information content (AvgIpc) is 2.54. The van der Waals surface area contributed by atoms with Gasteiger partial charge < -0.3 is 5.32 Å². The molecule has 0 radical (unpaired) electrons. The summed E-state index contributed by atoms with van der Waals surface area (Å²) in [7, 11) is 1.89. The molecular weight excluding hydrogens is 162 g/mol. The number of nitrogens with one attached hydrogen (secondary N) is 2. The van der Waals surface area contributed by atoms with E-state index >= 15 is 0 Å². The van der Waals surface area contributed by atoms with E-state index in [-0.39, 0.29) is 0 Å². The fourth-order valence-electron chi connectivity index (χ4n) is 1.39. The van der Waals surface area contributed by atoms with Crippen molar-refractivity contribution in [1.82, 2.24) is 10.2 Å². The number of hydrogen-bond acceptors (Lipinski definition) is 2. The van der Waals surface area contributed by atoms with Gasteiger partial charge in [0.25, 0.3) is 0 Å². The third-order valence-corrected chi connectivity index (χ3v) is 2.40. The third-order valence-electron chi connectivity index (χ3n) is 2.40. The quantitative estimate of drug-likeness (QED) is 0.736. The van der Waals surface area contributed by atoms with Crippen LogP contribution in [0.3, 0.4) is 0 Å². The maximum absolute atomic E-state index is 4.10. The number of H-pyrrole nitrogens is 1. The van der Waals surface area contributed by atoms with E-state index in [1.54, 1.807) is 0 Å². The predicted octanol–water partition coefficient (Wildman–Crippen LogP) is 2.75. The van der Waals surface area contributed by atoms with Gasteiger partial charge in [0.15, 0.2) is 0 Å². The van der Waals surface area contributed by atoms with E-state index in [1.165, 1.54) is 25.0 Å². The summed E-state index contributed by atoms with van der Waals surface area (Å²) in [5, 5.41) is 10.2. The largest absolute Gasteiger partial charge is 0.372 e. The van der Waals surface area contributed by atoms with Gasteiger partial charge in [-0.15, -0.1) is 0 Å².